The summed E-state index contributed by atoms with van der Waals surface area (Å²) in [6.45, 7) is -0.156. The van der Waals surface area contributed by atoms with Crippen LogP contribution in [-0.2, 0) is 9.53 Å². The van der Waals surface area contributed by atoms with Crippen LogP contribution in [-0.4, -0.2) is 25.5 Å². The molecule has 1 aromatic carbocycles. The zero-order valence-electron chi connectivity index (χ0n) is 11.7. The second-order valence-electron chi connectivity index (χ2n) is 4.25. The standard InChI is InChI=1S/C16H13BrO4S/c1-20-16(19)9-21-13-4-2-11(3-5-13)15(18)7-6-14-8-12(17)10-22-14/h2-8,10H,9H2,1H3. The molecule has 1 heterocycles. The third kappa shape index (κ3) is 4.82. The number of methoxy groups -OCH3 is 1. The first-order valence-corrected chi connectivity index (χ1v) is 8.02. The first kappa shape index (κ1) is 16.5. The monoisotopic (exact) mass is 380 g/mol. The normalized spacial score (nSPS) is 10.6. The third-order valence-electron chi connectivity index (χ3n) is 2.71. The molecule has 2 rings (SSSR count). The Hall–Kier alpha value is -1.92. The van der Waals surface area contributed by atoms with E-state index < -0.39 is 5.97 Å². The number of carbonyl (C=O) groups is 2. The van der Waals surface area contributed by atoms with Crippen molar-refractivity contribution in [1.82, 2.24) is 0 Å². The van der Waals surface area contributed by atoms with Gasteiger partial charge in [0.25, 0.3) is 0 Å². The fourth-order valence-corrected chi connectivity index (χ4v) is 2.92. The zero-order valence-corrected chi connectivity index (χ0v) is 14.1. The molecule has 0 spiro atoms. The number of ketones is 1. The lowest BCUT2D eigenvalue weighted by Gasteiger charge is -2.04. The Bertz CT molecular complexity index is 688. The summed E-state index contributed by atoms with van der Waals surface area (Å²) in [4.78, 5) is 24.0. The minimum atomic E-state index is -0.454. The molecule has 0 aliphatic carbocycles. The van der Waals surface area contributed by atoms with Gasteiger partial charge < -0.3 is 9.47 Å². The van der Waals surface area contributed by atoms with Crippen LogP contribution in [0.4, 0.5) is 0 Å². The first-order chi connectivity index (χ1) is 10.6. The molecule has 4 nitrogen and oxygen atoms in total. The number of allylic oxidation sites excluding steroid dienone is 1. The van der Waals surface area contributed by atoms with Gasteiger partial charge in [-0.2, -0.15) is 0 Å². The molecular weight excluding hydrogens is 368 g/mol. The second-order valence-corrected chi connectivity index (χ2v) is 6.11. The summed E-state index contributed by atoms with van der Waals surface area (Å²) in [6.07, 6.45) is 3.31. The summed E-state index contributed by atoms with van der Waals surface area (Å²) in [5, 5.41) is 1.96. The van der Waals surface area contributed by atoms with E-state index in [1.54, 1.807) is 41.7 Å². The molecule has 0 aliphatic heterocycles. The summed E-state index contributed by atoms with van der Waals surface area (Å²) in [6, 6.07) is 8.54. The fraction of sp³-hybridized carbons (Fsp3) is 0.125. The fourth-order valence-electron chi connectivity index (χ4n) is 1.59. The van der Waals surface area contributed by atoms with Gasteiger partial charge in [0.15, 0.2) is 12.4 Å². The van der Waals surface area contributed by atoms with Crippen molar-refractivity contribution in [3.8, 4) is 5.75 Å². The molecule has 0 N–H and O–H groups in total. The Morgan fingerprint density at radius 3 is 2.59 bits per heavy atom. The number of thiophene rings is 1. The van der Waals surface area contributed by atoms with Gasteiger partial charge in [-0.3, -0.25) is 4.79 Å². The average Bonchev–Trinajstić information content (AvgIpc) is 2.96. The maximum Gasteiger partial charge on any atom is 0.343 e. The molecule has 0 amide bonds. The molecule has 0 unspecified atom stereocenters. The zero-order chi connectivity index (χ0) is 15.9. The van der Waals surface area contributed by atoms with E-state index in [2.05, 4.69) is 20.7 Å². The smallest absolute Gasteiger partial charge is 0.343 e. The van der Waals surface area contributed by atoms with Gasteiger partial charge >= 0.3 is 5.97 Å². The van der Waals surface area contributed by atoms with Crippen molar-refractivity contribution in [3.63, 3.8) is 0 Å². The maximum atomic E-state index is 12.0. The van der Waals surface area contributed by atoms with Gasteiger partial charge in [-0.05, 0) is 58.4 Å². The molecule has 0 radical (unpaired) electrons. The number of hydrogen-bond donors (Lipinski definition) is 0. The minimum absolute atomic E-state index is 0.0935. The van der Waals surface area contributed by atoms with Crippen molar-refractivity contribution in [1.29, 1.82) is 0 Å². The van der Waals surface area contributed by atoms with E-state index in [0.29, 0.717) is 11.3 Å². The summed E-state index contributed by atoms with van der Waals surface area (Å²) in [7, 11) is 1.30. The van der Waals surface area contributed by atoms with Crippen LogP contribution in [0.15, 0.2) is 46.3 Å². The second kappa shape index (κ2) is 7.91. The van der Waals surface area contributed by atoms with E-state index in [0.717, 1.165) is 9.35 Å². The van der Waals surface area contributed by atoms with Crippen LogP contribution in [0.25, 0.3) is 6.08 Å². The molecule has 2 aromatic rings. The summed E-state index contributed by atoms with van der Waals surface area (Å²) in [5.41, 5.74) is 0.553. The number of rotatable bonds is 6. The topological polar surface area (TPSA) is 52.6 Å². The Labute approximate surface area is 140 Å². The molecule has 0 bridgehead atoms. The molecular formula is C16H13BrO4S. The van der Waals surface area contributed by atoms with Crippen molar-refractivity contribution in [3.05, 3.63) is 56.7 Å². The number of benzene rings is 1. The largest absolute Gasteiger partial charge is 0.482 e. The van der Waals surface area contributed by atoms with Crippen molar-refractivity contribution in [2.75, 3.05) is 13.7 Å². The van der Waals surface area contributed by atoms with E-state index in [4.69, 9.17) is 4.74 Å². The molecule has 6 heteroatoms. The molecule has 22 heavy (non-hydrogen) atoms. The number of halogens is 1. The van der Waals surface area contributed by atoms with Crippen LogP contribution < -0.4 is 4.74 Å². The van der Waals surface area contributed by atoms with Crippen LogP contribution in [0.3, 0.4) is 0 Å². The van der Waals surface area contributed by atoms with Gasteiger partial charge in [0.2, 0.25) is 0 Å². The van der Waals surface area contributed by atoms with Crippen LogP contribution in [0, 0.1) is 0 Å². The Morgan fingerprint density at radius 2 is 2.00 bits per heavy atom. The third-order valence-corrected chi connectivity index (χ3v) is 4.37. The maximum absolute atomic E-state index is 12.0. The van der Waals surface area contributed by atoms with Crippen LogP contribution in [0.1, 0.15) is 15.2 Å². The molecule has 0 saturated heterocycles. The summed E-state index contributed by atoms with van der Waals surface area (Å²) in [5.74, 6) is -0.0395. The van der Waals surface area contributed by atoms with Crippen LogP contribution in [0.5, 0.6) is 5.75 Å². The SMILES string of the molecule is COC(=O)COc1ccc(C(=O)C=Cc2cc(Br)cs2)cc1. The Morgan fingerprint density at radius 1 is 1.27 bits per heavy atom. The van der Waals surface area contributed by atoms with Crippen molar-refractivity contribution >= 4 is 45.1 Å². The lowest BCUT2D eigenvalue weighted by atomic mass is 10.1. The number of hydrogen-bond acceptors (Lipinski definition) is 5. The Kier molecular flexibility index (Phi) is 5.91. The summed E-state index contributed by atoms with van der Waals surface area (Å²) >= 11 is 4.92. The van der Waals surface area contributed by atoms with E-state index in [1.807, 2.05) is 11.4 Å². The molecule has 0 fully saturated rings. The van der Waals surface area contributed by atoms with Gasteiger partial charge in [-0.15, -0.1) is 11.3 Å². The van der Waals surface area contributed by atoms with Crippen molar-refractivity contribution in [2.45, 2.75) is 0 Å². The lowest BCUT2D eigenvalue weighted by Crippen LogP contribution is -2.12. The molecule has 0 aliphatic rings. The molecule has 1 aromatic heterocycles. The van der Waals surface area contributed by atoms with Gasteiger partial charge in [0, 0.05) is 20.3 Å². The predicted octanol–water partition coefficient (Wildman–Crippen LogP) is 3.96. The van der Waals surface area contributed by atoms with Crippen LogP contribution >= 0.6 is 27.3 Å². The highest BCUT2D eigenvalue weighted by molar-refractivity contribution is 9.10. The quantitative estimate of drug-likeness (QED) is 0.432. The number of carbonyl (C=O) groups excluding carboxylic acids is 2. The highest BCUT2D eigenvalue weighted by atomic mass is 79.9. The van der Waals surface area contributed by atoms with Gasteiger partial charge in [0.05, 0.1) is 7.11 Å². The van der Waals surface area contributed by atoms with Crippen molar-refractivity contribution in [2.24, 2.45) is 0 Å². The Balaban J connectivity index is 1.96. The van der Waals surface area contributed by atoms with Crippen molar-refractivity contribution < 1.29 is 19.1 Å². The molecule has 0 atom stereocenters. The van der Waals surface area contributed by atoms with Gasteiger partial charge in [-0.25, -0.2) is 4.79 Å². The van der Waals surface area contributed by atoms with E-state index in [-0.39, 0.29) is 12.4 Å². The average molecular weight is 381 g/mol. The molecule has 114 valence electrons. The van der Waals surface area contributed by atoms with Crippen LogP contribution in [0.2, 0.25) is 0 Å². The number of ether oxygens (including phenoxy) is 2. The van der Waals surface area contributed by atoms with Gasteiger partial charge in [-0.1, -0.05) is 0 Å². The highest BCUT2D eigenvalue weighted by Gasteiger charge is 2.05. The summed E-state index contributed by atoms with van der Waals surface area (Å²) < 4.78 is 10.7. The number of esters is 1. The highest BCUT2D eigenvalue weighted by Crippen LogP contribution is 2.21. The predicted molar refractivity (Wildman–Crippen MR) is 89.3 cm³/mol. The lowest BCUT2D eigenvalue weighted by molar-refractivity contribution is -0.142. The van der Waals surface area contributed by atoms with E-state index >= 15 is 0 Å². The van der Waals surface area contributed by atoms with Gasteiger partial charge in [0.1, 0.15) is 5.75 Å². The molecule has 0 saturated carbocycles. The minimum Gasteiger partial charge on any atom is -0.482 e. The first-order valence-electron chi connectivity index (χ1n) is 6.34. The van der Waals surface area contributed by atoms with E-state index in [9.17, 15) is 9.59 Å². The van der Waals surface area contributed by atoms with E-state index in [1.165, 1.54) is 13.2 Å².